The molecule has 0 aromatic carbocycles. The number of nitrogens with one attached hydrogen (secondary N) is 1. The first kappa shape index (κ1) is 16.4. The zero-order chi connectivity index (χ0) is 19.3. The highest BCUT2D eigenvalue weighted by Crippen LogP contribution is 2.39. The van der Waals surface area contributed by atoms with Gasteiger partial charge >= 0.3 is 0 Å². The van der Waals surface area contributed by atoms with Gasteiger partial charge in [-0.15, -0.1) is 0 Å². The van der Waals surface area contributed by atoms with E-state index in [0.717, 1.165) is 33.7 Å². The van der Waals surface area contributed by atoms with Gasteiger partial charge in [-0.2, -0.15) is 0 Å². The number of aromatic amines is 1. The van der Waals surface area contributed by atoms with E-state index in [9.17, 15) is 4.79 Å². The SMILES string of the molecule is CCN1c2ncccc2C(=O)N(C)c2ccc(-c3c[nH]c4cnccc34)nc21. The first-order valence-corrected chi connectivity index (χ1v) is 9.12. The van der Waals surface area contributed by atoms with E-state index in [4.69, 9.17) is 4.98 Å². The first-order valence-electron chi connectivity index (χ1n) is 9.12. The van der Waals surface area contributed by atoms with Gasteiger partial charge in [0.2, 0.25) is 0 Å². The molecule has 0 aliphatic carbocycles. The number of nitrogens with zero attached hydrogens (tertiary/aromatic N) is 5. The van der Waals surface area contributed by atoms with Crippen LogP contribution in [0.15, 0.2) is 55.1 Å². The molecule has 4 aromatic heterocycles. The van der Waals surface area contributed by atoms with Crippen molar-refractivity contribution in [3.8, 4) is 11.3 Å². The highest BCUT2D eigenvalue weighted by atomic mass is 16.2. The summed E-state index contributed by atoms with van der Waals surface area (Å²) in [5, 5.41) is 1.06. The van der Waals surface area contributed by atoms with Crippen molar-refractivity contribution in [3.63, 3.8) is 0 Å². The van der Waals surface area contributed by atoms with Crippen LogP contribution >= 0.6 is 0 Å². The standard InChI is InChI=1S/C21H18N6O/c1-3-27-19-14(5-4-9-23-19)21(28)26(2)18-7-6-16(25-20(18)27)15-11-24-17-12-22-10-8-13(15)17/h4-12,24H,3H2,1-2H3. The summed E-state index contributed by atoms with van der Waals surface area (Å²) < 4.78 is 0. The molecule has 1 N–H and O–H groups in total. The van der Waals surface area contributed by atoms with Crippen molar-refractivity contribution < 1.29 is 4.79 Å². The number of hydrogen-bond acceptors (Lipinski definition) is 5. The maximum absolute atomic E-state index is 13.0. The van der Waals surface area contributed by atoms with Gasteiger partial charge in [0, 0.05) is 43.1 Å². The molecule has 138 valence electrons. The summed E-state index contributed by atoms with van der Waals surface area (Å²) in [4.78, 5) is 33.4. The van der Waals surface area contributed by atoms with Gasteiger partial charge in [0.05, 0.1) is 28.7 Å². The molecular weight excluding hydrogens is 352 g/mol. The molecule has 4 aromatic rings. The fourth-order valence-corrected chi connectivity index (χ4v) is 3.70. The Balaban J connectivity index is 1.74. The number of aromatic nitrogens is 4. The number of hydrogen-bond donors (Lipinski definition) is 1. The highest BCUT2D eigenvalue weighted by molar-refractivity contribution is 6.12. The van der Waals surface area contributed by atoms with Crippen LogP contribution in [0.2, 0.25) is 0 Å². The number of amides is 1. The van der Waals surface area contributed by atoms with Crippen molar-refractivity contribution in [3.05, 3.63) is 60.7 Å². The molecule has 5 heterocycles. The predicted molar refractivity (Wildman–Crippen MR) is 109 cm³/mol. The Labute approximate surface area is 161 Å². The van der Waals surface area contributed by atoms with Crippen LogP contribution in [0.3, 0.4) is 0 Å². The monoisotopic (exact) mass is 370 g/mol. The predicted octanol–water partition coefficient (Wildman–Crippen LogP) is 3.77. The first-order chi connectivity index (χ1) is 13.7. The second-order valence-electron chi connectivity index (χ2n) is 6.65. The average molecular weight is 370 g/mol. The Hall–Kier alpha value is -3.74. The van der Waals surface area contributed by atoms with Crippen molar-refractivity contribution in [2.75, 3.05) is 23.4 Å². The van der Waals surface area contributed by atoms with Crippen LogP contribution in [-0.4, -0.2) is 39.4 Å². The van der Waals surface area contributed by atoms with Gasteiger partial charge in [-0.25, -0.2) is 9.97 Å². The van der Waals surface area contributed by atoms with Crippen molar-refractivity contribution in [1.82, 2.24) is 19.9 Å². The molecule has 0 saturated heterocycles. The van der Waals surface area contributed by atoms with Gasteiger partial charge in [0.15, 0.2) is 5.82 Å². The smallest absolute Gasteiger partial charge is 0.261 e. The van der Waals surface area contributed by atoms with Gasteiger partial charge in [-0.05, 0) is 37.3 Å². The number of carbonyl (C=O) groups is 1. The summed E-state index contributed by atoms with van der Waals surface area (Å²) >= 11 is 0. The second kappa shape index (κ2) is 6.16. The molecular formula is C21H18N6O. The normalized spacial score (nSPS) is 13.4. The molecule has 1 aliphatic rings. The third-order valence-corrected chi connectivity index (χ3v) is 5.12. The largest absolute Gasteiger partial charge is 0.359 e. The van der Waals surface area contributed by atoms with E-state index in [1.54, 1.807) is 36.6 Å². The lowest BCUT2D eigenvalue weighted by atomic mass is 10.1. The van der Waals surface area contributed by atoms with Gasteiger partial charge in [0.25, 0.3) is 5.91 Å². The summed E-state index contributed by atoms with van der Waals surface area (Å²) in [6, 6.07) is 9.46. The fourth-order valence-electron chi connectivity index (χ4n) is 3.70. The van der Waals surface area contributed by atoms with Gasteiger partial charge in [-0.3, -0.25) is 9.78 Å². The topological polar surface area (TPSA) is 78.0 Å². The molecule has 7 heteroatoms. The molecule has 7 nitrogen and oxygen atoms in total. The van der Waals surface area contributed by atoms with Crippen LogP contribution in [0.1, 0.15) is 17.3 Å². The summed E-state index contributed by atoms with van der Waals surface area (Å²) in [5.41, 5.74) is 4.12. The van der Waals surface area contributed by atoms with Crippen LogP contribution in [0.4, 0.5) is 17.3 Å². The molecule has 0 unspecified atom stereocenters. The summed E-state index contributed by atoms with van der Waals surface area (Å²) in [6.45, 7) is 2.68. The number of pyridine rings is 3. The van der Waals surface area contributed by atoms with E-state index in [1.807, 2.05) is 42.3 Å². The zero-order valence-electron chi connectivity index (χ0n) is 15.5. The Morgan fingerprint density at radius 2 is 1.96 bits per heavy atom. The van der Waals surface area contributed by atoms with Crippen molar-refractivity contribution in [2.45, 2.75) is 6.92 Å². The van der Waals surface area contributed by atoms with Gasteiger partial charge < -0.3 is 14.8 Å². The van der Waals surface area contributed by atoms with Crippen LogP contribution in [0.25, 0.3) is 22.2 Å². The van der Waals surface area contributed by atoms with E-state index in [2.05, 4.69) is 15.0 Å². The average Bonchev–Trinajstić information content (AvgIpc) is 3.14. The minimum atomic E-state index is -0.0898. The second-order valence-corrected chi connectivity index (χ2v) is 6.65. The van der Waals surface area contributed by atoms with Crippen molar-refractivity contribution >= 4 is 34.1 Å². The van der Waals surface area contributed by atoms with E-state index >= 15 is 0 Å². The van der Waals surface area contributed by atoms with Crippen molar-refractivity contribution in [2.24, 2.45) is 0 Å². The number of H-pyrrole nitrogens is 1. The molecule has 0 bridgehead atoms. The molecule has 5 rings (SSSR count). The molecule has 1 aliphatic heterocycles. The Morgan fingerprint density at radius 3 is 2.82 bits per heavy atom. The number of rotatable bonds is 2. The maximum atomic E-state index is 13.0. The highest BCUT2D eigenvalue weighted by Gasteiger charge is 2.30. The lowest BCUT2D eigenvalue weighted by molar-refractivity contribution is 0.0994. The van der Waals surface area contributed by atoms with Crippen LogP contribution in [-0.2, 0) is 0 Å². The third-order valence-electron chi connectivity index (χ3n) is 5.12. The molecule has 1 amide bonds. The summed E-state index contributed by atoms with van der Waals surface area (Å²) in [7, 11) is 1.77. The molecule has 0 atom stereocenters. The Kier molecular flexibility index (Phi) is 3.61. The molecule has 0 fully saturated rings. The summed E-state index contributed by atoms with van der Waals surface area (Å²) in [6.07, 6.45) is 7.22. The lowest BCUT2D eigenvalue weighted by Gasteiger charge is -2.23. The maximum Gasteiger partial charge on any atom is 0.261 e. The number of fused-ring (bicyclic) bond motifs is 3. The van der Waals surface area contributed by atoms with Crippen LogP contribution in [0.5, 0.6) is 0 Å². The van der Waals surface area contributed by atoms with Crippen LogP contribution in [0, 0.1) is 0 Å². The van der Waals surface area contributed by atoms with Crippen LogP contribution < -0.4 is 9.80 Å². The quantitative estimate of drug-likeness (QED) is 0.581. The van der Waals surface area contributed by atoms with E-state index in [-0.39, 0.29) is 5.91 Å². The lowest BCUT2D eigenvalue weighted by Crippen LogP contribution is -2.25. The number of anilines is 3. The Bertz CT molecular complexity index is 1210. The van der Waals surface area contributed by atoms with Crippen molar-refractivity contribution in [1.29, 1.82) is 0 Å². The van der Waals surface area contributed by atoms with E-state index in [1.165, 1.54) is 0 Å². The summed E-state index contributed by atoms with van der Waals surface area (Å²) in [5.74, 6) is 1.26. The van der Waals surface area contributed by atoms with E-state index in [0.29, 0.717) is 17.9 Å². The molecule has 0 spiro atoms. The molecule has 0 radical (unpaired) electrons. The molecule has 28 heavy (non-hydrogen) atoms. The third kappa shape index (κ3) is 2.29. The zero-order valence-corrected chi connectivity index (χ0v) is 15.5. The number of carbonyl (C=O) groups excluding carboxylic acids is 1. The molecule has 0 saturated carbocycles. The fraction of sp³-hybridized carbons (Fsp3) is 0.143. The minimum Gasteiger partial charge on any atom is -0.359 e. The van der Waals surface area contributed by atoms with Gasteiger partial charge in [-0.1, -0.05) is 0 Å². The van der Waals surface area contributed by atoms with Gasteiger partial charge in [0.1, 0.15) is 5.82 Å². The van der Waals surface area contributed by atoms with E-state index < -0.39 is 0 Å². The minimum absolute atomic E-state index is 0.0898. The Morgan fingerprint density at radius 1 is 1.07 bits per heavy atom.